The molecule has 0 aromatic carbocycles. The molecule has 0 saturated carbocycles. The van der Waals surface area contributed by atoms with E-state index < -0.39 is 29.2 Å². The van der Waals surface area contributed by atoms with Gasteiger partial charge in [0, 0.05) is 13.3 Å². The first-order valence-electron chi connectivity index (χ1n) is 9.58. The number of hydrogen-bond acceptors (Lipinski definition) is 5. The van der Waals surface area contributed by atoms with Gasteiger partial charge in [-0.2, -0.15) is 0 Å². The summed E-state index contributed by atoms with van der Waals surface area (Å²) in [6, 6.07) is 0. The second-order valence-corrected chi connectivity index (χ2v) is 6.87. The van der Waals surface area contributed by atoms with Gasteiger partial charge in [0.2, 0.25) is 5.60 Å². The lowest BCUT2D eigenvalue weighted by Crippen LogP contribution is -2.53. The van der Waals surface area contributed by atoms with Crippen LogP contribution < -0.4 is 0 Å². The second-order valence-electron chi connectivity index (χ2n) is 6.87. The minimum atomic E-state index is -2.23. The van der Waals surface area contributed by atoms with Crippen molar-refractivity contribution in [1.82, 2.24) is 0 Å². The Morgan fingerprint density at radius 1 is 1.04 bits per heavy atom. The van der Waals surface area contributed by atoms with E-state index in [0.717, 1.165) is 25.3 Å². The first-order chi connectivity index (χ1) is 11.9. The van der Waals surface area contributed by atoms with Crippen LogP contribution in [0, 0.1) is 0 Å². The van der Waals surface area contributed by atoms with Crippen LogP contribution in [0.25, 0.3) is 0 Å². The number of unbranched alkanes of at least 4 members (excludes halogenated alkanes) is 9. The number of hydrogen-bond donors (Lipinski definition) is 1. The second kappa shape index (κ2) is 11.2. The van der Waals surface area contributed by atoms with Crippen LogP contribution in [0.4, 0.5) is 0 Å². The highest BCUT2D eigenvalue weighted by molar-refractivity contribution is 6.17. The Kier molecular flexibility index (Phi) is 9.65. The fourth-order valence-electron chi connectivity index (χ4n) is 3.14. The standard InChI is InChI=1S/C20H32O5/c1-3-4-5-6-7-8-9-10-11-12-13-17(22)20(24)18(23)14-15-19(20)25-16(2)21/h14-15,19,24H,3-13H2,1-2H3/t19-,20-/m0/s1. The Morgan fingerprint density at radius 3 is 2.08 bits per heavy atom. The van der Waals surface area contributed by atoms with Gasteiger partial charge in [0.25, 0.3) is 0 Å². The van der Waals surface area contributed by atoms with E-state index in [4.69, 9.17) is 4.74 Å². The van der Waals surface area contributed by atoms with Crippen LogP contribution in [0.15, 0.2) is 12.2 Å². The lowest BCUT2D eigenvalue weighted by molar-refractivity contribution is -0.166. The Labute approximate surface area is 150 Å². The molecule has 5 nitrogen and oxygen atoms in total. The fraction of sp³-hybridized carbons (Fsp3) is 0.750. The van der Waals surface area contributed by atoms with Gasteiger partial charge in [0.05, 0.1) is 0 Å². The number of carbonyl (C=O) groups is 3. The summed E-state index contributed by atoms with van der Waals surface area (Å²) in [5.74, 6) is -1.89. The highest BCUT2D eigenvalue weighted by Crippen LogP contribution is 2.27. The molecule has 1 N–H and O–H groups in total. The number of aliphatic hydroxyl groups is 1. The van der Waals surface area contributed by atoms with Gasteiger partial charge in [-0.1, -0.05) is 64.7 Å². The monoisotopic (exact) mass is 352 g/mol. The minimum Gasteiger partial charge on any atom is -0.454 e. The summed E-state index contributed by atoms with van der Waals surface area (Å²) in [7, 11) is 0. The van der Waals surface area contributed by atoms with Gasteiger partial charge >= 0.3 is 5.97 Å². The summed E-state index contributed by atoms with van der Waals surface area (Å²) >= 11 is 0. The largest absolute Gasteiger partial charge is 0.454 e. The van der Waals surface area contributed by atoms with Gasteiger partial charge in [-0.25, -0.2) is 0 Å². The Morgan fingerprint density at radius 2 is 1.56 bits per heavy atom. The van der Waals surface area contributed by atoms with E-state index in [2.05, 4.69) is 6.92 Å². The minimum absolute atomic E-state index is 0.123. The molecule has 0 fully saturated rings. The van der Waals surface area contributed by atoms with Crippen LogP contribution >= 0.6 is 0 Å². The molecule has 2 atom stereocenters. The molecule has 0 bridgehead atoms. The Bertz CT molecular complexity index is 482. The smallest absolute Gasteiger partial charge is 0.303 e. The van der Waals surface area contributed by atoms with Crippen molar-refractivity contribution in [2.24, 2.45) is 0 Å². The molecule has 0 aliphatic heterocycles. The molecule has 1 aliphatic carbocycles. The molecule has 0 radical (unpaired) electrons. The summed E-state index contributed by atoms with van der Waals surface area (Å²) in [6.07, 6.45) is 12.7. The van der Waals surface area contributed by atoms with Crippen molar-refractivity contribution in [3.63, 3.8) is 0 Å². The van der Waals surface area contributed by atoms with Crippen LogP contribution in [-0.4, -0.2) is 34.3 Å². The Balaban J connectivity index is 2.23. The number of esters is 1. The molecule has 1 aliphatic rings. The van der Waals surface area contributed by atoms with E-state index in [0.29, 0.717) is 6.42 Å². The third-order valence-electron chi connectivity index (χ3n) is 4.69. The van der Waals surface area contributed by atoms with Crippen molar-refractivity contribution in [2.75, 3.05) is 0 Å². The number of rotatable bonds is 13. The summed E-state index contributed by atoms with van der Waals surface area (Å²) < 4.78 is 4.90. The number of ketones is 2. The number of Topliss-reactive ketones (excluding diaryl/α,β-unsaturated/α-hetero) is 1. The van der Waals surface area contributed by atoms with Crippen molar-refractivity contribution in [1.29, 1.82) is 0 Å². The summed E-state index contributed by atoms with van der Waals surface area (Å²) in [4.78, 5) is 35.2. The maximum atomic E-state index is 12.3. The van der Waals surface area contributed by atoms with E-state index in [-0.39, 0.29) is 6.42 Å². The van der Waals surface area contributed by atoms with Crippen LogP contribution in [0.1, 0.15) is 84.5 Å². The van der Waals surface area contributed by atoms with Crippen LogP contribution in [0.5, 0.6) is 0 Å². The molecular formula is C20H32O5. The van der Waals surface area contributed by atoms with Gasteiger partial charge in [0.1, 0.15) is 0 Å². The SMILES string of the molecule is CCCCCCCCCCCCC(=O)[C@]1(O)C(=O)C=C[C@@H]1OC(C)=O. The zero-order valence-electron chi connectivity index (χ0n) is 15.6. The van der Waals surface area contributed by atoms with Crippen molar-refractivity contribution < 1.29 is 24.2 Å². The average molecular weight is 352 g/mol. The van der Waals surface area contributed by atoms with Crippen LogP contribution in [0.2, 0.25) is 0 Å². The van der Waals surface area contributed by atoms with Gasteiger partial charge in [0.15, 0.2) is 17.7 Å². The lowest BCUT2D eigenvalue weighted by Gasteiger charge is -2.26. The molecule has 142 valence electrons. The molecule has 0 aromatic rings. The normalized spacial score (nSPS) is 22.4. The number of carbonyl (C=O) groups excluding carboxylic acids is 3. The molecule has 0 aromatic heterocycles. The lowest BCUT2D eigenvalue weighted by atomic mass is 9.89. The third kappa shape index (κ3) is 6.73. The van der Waals surface area contributed by atoms with Gasteiger partial charge in [-0.05, 0) is 18.6 Å². The topological polar surface area (TPSA) is 80.7 Å². The van der Waals surface area contributed by atoms with Crippen molar-refractivity contribution in [3.05, 3.63) is 12.2 Å². The van der Waals surface area contributed by atoms with E-state index in [1.54, 1.807) is 0 Å². The molecule has 5 heteroatoms. The van der Waals surface area contributed by atoms with Crippen LogP contribution in [0.3, 0.4) is 0 Å². The quantitative estimate of drug-likeness (QED) is 0.311. The summed E-state index contributed by atoms with van der Waals surface area (Å²) in [5.41, 5.74) is -2.23. The van der Waals surface area contributed by atoms with Gasteiger partial charge < -0.3 is 9.84 Å². The molecule has 0 saturated heterocycles. The molecule has 0 heterocycles. The van der Waals surface area contributed by atoms with Crippen molar-refractivity contribution >= 4 is 17.5 Å². The molecule has 25 heavy (non-hydrogen) atoms. The first-order valence-corrected chi connectivity index (χ1v) is 9.58. The summed E-state index contributed by atoms with van der Waals surface area (Å²) in [5, 5.41) is 10.4. The summed E-state index contributed by atoms with van der Waals surface area (Å²) in [6.45, 7) is 3.39. The number of ether oxygens (including phenoxy) is 1. The molecule has 0 amide bonds. The van der Waals surface area contributed by atoms with Gasteiger partial charge in [-0.15, -0.1) is 0 Å². The average Bonchev–Trinajstić information content (AvgIpc) is 2.85. The highest BCUT2D eigenvalue weighted by atomic mass is 16.6. The predicted molar refractivity (Wildman–Crippen MR) is 96.1 cm³/mol. The van der Waals surface area contributed by atoms with Crippen LogP contribution in [-0.2, 0) is 19.1 Å². The molecule has 0 spiro atoms. The molecule has 1 rings (SSSR count). The van der Waals surface area contributed by atoms with Crippen molar-refractivity contribution in [3.8, 4) is 0 Å². The van der Waals surface area contributed by atoms with Crippen molar-refractivity contribution in [2.45, 2.75) is 96.2 Å². The predicted octanol–water partition coefficient (Wildman–Crippen LogP) is 3.67. The zero-order chi connectivity index (χ0) is 18.7. The van der Waals surface area contributed by atoms with E-state index >= 15 is 0 Å². The maximum absolute atomic E-state index is 12.3. The van der Waals surface area contributed by atoms with E-state index in [1.165, 1.54) is 51.5 Å². The molecular weight excluding hydrogens is 320 g/mol. The van der Waals surface area contributed by atoms with E-state index in [9.17, 15) is 19.5 Å². The fourth-order valence-corrected chi connectivity index (χ4v) is 3.14. The highest BCUT2D eigenvalue weighted by Gasteiger charge is 2.52. The van der Waals surface area contributed by atoms with E-state index in [1.807, 2.05) is 0 Å². The molecule has 0 unspecified atom stereocenters. The zero-order valence-corrected chi connectivity index (χ0v) is 15.6. The van der Waals surface area contributed by atoms with Gasteiger partial charge in [-0.3, -0.25) is 14.4 Å². The third-order valence-corrected chi connectivity index (χ3v) is 4.69. The Hall–Kier alpha value is -1.49. The first kappa shape index (κ1) is 21.6. The maximum Gasteiger partial charge on any atom is 0.303 e.